The Morgan fingerprint density at radius 3 is 2.00 bits per heavy atom. The Labute approximate surface area is 143 Å². The van der Waals surface area contributed by atoms with Crippen molar-refractivity contribution in [1.82, 2.24) is 0 Å². The first-order chi connectivity index (χ1) is 8.88. The average molecular weight is 433 g/mol. The van der Waals surface area contributed by atoms with Gasteiger partial charge in [-0.1, -0.05) is 52.6 Å². The monoisotopic (exact) mass is 430 g/mol. The van der Waals surface area contributed by atoms with Crippen LogP contribution in [0.4, 0.5) is 0 Å². The van der Waals surface area contributed by atoms with E-state index in [1.807, 2.05) is 13.8 Å². The molecule has 2 fully saturated rings. The summed E-state index contributed by atoms with van der Waals surface area (Å²) < 4.78 is 0. The van der Waals surface area contributed by atoms with Crippen molar-refractivity contribution >= 4 is 43.5 Å². The van der Waals surface area contributed by atoms with Crippen molar-refractivity contribution in [3.63, 3.8) is 0 Å². The number of hydrogen-bond acceptors (Lipinski definition) is 2. The lowest BCUT2D eigenvalue weighted by Crippen LogP contribution is -2.62. The highest BCUT2D eigenvalue weighted by molar-refractivity contribution is 9.09. The third-order valence-electron chi connectivity index (χ3n) is 6.38. The number of hydrogen-bond donors (Lipinski definition) is 2. The van der Waals surface area contributed by atoms with Crippen LogP contribution >= 0.6 is 43.5 Å². The van der Waals surface area contributed by atoms with Crippen LogP contribution in [0, 0.1) is 10.8 Å². The van der Waals surface area contributed by atoms with E-state index < -0.39 is 17.1 Å². The highest BCUT2D eigenvalue weighted by atomic mass is 79.9. The van der Waals surface area contributed by atoms with Crippen LogP contribution in [-0.2, 0) is 0 Å². The zero-order valence-electron chi connectivity index (χ0n) is 12.6. The van der Waals surface area contributed by atoms with Crippen LogP contribution < -0.4 is 0 Å². The molecule has 2 saturated carbocycles. The molecule has 0 aromatic heterocycles. The molecule has 2 aliphatic rings. The van der Waals surface area contributed by atoms with Gasteiger partial charge in [0.1, 0.15) is 0 Å². The molecule has 0 aromatic rings. The van der Waals surface area contributed by atoms with Crippen LogP contribution in [0.2, 0.25) is 0 Å². The fraction of sp³-hybridized carbons (Fsp3) is 1.00. The van der Waals surface area contributed by atoms with E-state index in [1.165, 1.54) is 0 Å². The second-order valence-corrected chi connectivity index (χ2v) is 10.7. The average Bonchev–Trinajstić information content (AvgIpc) is 2.47. The molecule has 0 aromatic carbocycles. The Morgan fingerprint density at radius 1 is 1.05 bits per heavy atom. The molecule has 0 spiro atoms. The number of halogens is 3. The Hall–Kier alpha value is 1.17. The van der Waals surface area contributed by atoms with Gasteiger partial charge in [0.25, 0.3) is 0 Å². The van der Waals surface area contributed by atoms with Crippen LogP contribution in [0.5, 0.6) is 0 Å². The molecule has 0 unspecified atom stereocenters. The highest BCUT2D eigenvalue weighted by Crippen LogP contribution is 2.64. The Kier molecular flexibility index (Phi) is 4.46. The summed E-state index contributed by atoms with van der Waals surface area (Å²) in [4.78, 5) is -0.0777. The van der Waals surface area contributed by atoms with Gasteiger partial charge in [0.05, 0.1) is 16.6 Å². The predicted molar refractivity (Wildman–Crippen MR) is 91.0 cm³/mol. The first-order valence-electron chi connectivity index (χ1n) is 7.26. The lowest BCUT2D eigenvalue weighted by atomic mass is 9.54. The number of alkyl halides is 3. The summed E-state index contributed by atoms with van der Waals surface area (Å²) in [5.74, 6) is 0. The van der Waals surface area contributed by atoms with Crippen LogP contribution in [0.15, 0.2) is 0 Å². The van der Waals surface area contributed by atoms with E-state index >= 15 is 0 Å². The first kappa shape index (κ1) is 17.5. The van der Waals surface area contributed by atoms with Crippen LogP contribution in [0.25, 0.3) is 0 Å². The van der Waals surface area contributed by atoms with E-state index in [1.54, 1.807) is 0 Å². The topological polar surface area (TPSA) is 40.5 Å². The van der Waals surface area contributed by atoms with Crippen molar-refractivity contribution in [2.45, 2.75) is 79.6 Å². The molecule has 6 atom stereocenters. The summed E-state index contributed by atoms with van der Waals surface area (Å²) in [5, 5.41) is 22.0. The Balaban J connectivity index is 2.39. The zero-order chi connectivity index (χ0) is 15.6. The molecule has 0 saturated heterocycles. The summed E-state index contributed by atoms with van der Waals surface area (Å²) in [5.41, 5.74) is -1.64. The van der Waals surface area contributed by atoms with Gasteiger partial charge in [-0.25, -0.2) is 0 Å². The van der Waals surface area contributed by atoms with Crippen molar-refractivity contribution < 1.29 is 10.2 Å². The minimum atomic E-state index is -0.902. The Bertz CT molecular complexity index is 401. The second-order valence-electron chi connectivity index (χ2n) is 7.62. The predicted octanol–water partition coefficient (Wildman–Crippen LogP) is 4.22. The first-order valence-corrected chi connectivity index (χ1v) is 9.47. The molecule has 0 radical (unpaired) electrons. The largest absolute Gasteiger partial charge is 0.392 e. The van der Waals surface area contributed by atoms with Crippen LogP contribution in [-0.4, -0.2) is 36.4 Å². The minimum Gasteiger partial charge on any atom is -0.392 e. The van der Waals surface area contributed by atoms with Crippen molar-refractivity contribution in [2.75, 3.05) is 0 Å². The maximum atomic E-state index is 11.4. The summed E-state index contributed by atoms with van der Waals surface area (Å²) in [7, 11) is 0. The normalized spacial score (nSPS) is 56.0. The van der Waals surface area contributed by atoms with Gasteiger partial charge in [-0.2, -0.15) is 0 Å². The summed E-state index contributed by atoms with van der Waals surface area (Å²) in [6, 6.07) is 0. The van der Waals surface area contributed by atoms with E-state index in [2.05, 4.69) is 45.7 Å². The smallest absolute Gasteiger partial charge is 0.0743 e. The molecule has 118 valence electrons. The SMILES string of the molecule is CC1(C)[C@@H](Br)C[C@@H](O)[C@@]1(C)[C@@]1(O)CC[C@](C)(Cl)[C@@H](Br)C1. The molecule has 0 aliphatic heterocycles. The van der Waals surface area contributed by atoms with Gasteiger partial charge in [-0.15, -0.1) is 11.6 Å². The third kappa shape index (κ3) is 2.24. The molecular weight excluding hydrogens is 407 g/mol. The van der Waals surface area contributed by atoms with Gasteiger partial charge in [-0.3, -0.25) is 0 Å². The van der Waals surface area contributed by atoms with Crippen molar-refractivity contribution in [1.29, 1.82) is 0 Å². The second kappa shape index (κ2) is 5.09. The molecule has 0 heterocycles. The number of aliphatic hydroxyl groups is 2. The molecule has 2 N–H and O–H groups in total. The molecule has 20 heavy (non-hydrogen) atoms. The zero-order valence-corrected chi connectivity index (χ0v) is 16.5. The third-order valence-corrected chi connectivity index (χ3v) is 9.95. The van der Waals surface area contributed by atoms with Crippen molar-refractivity contribution in [2.24, 2.45) is 10.8 Å². The molecule has 2 nitrogen and oxygen atoms in total. The summed E-state index contributed by atoms with van der Waals surface area (Å²) in [6.45, 7) is 8.33. The van der Waals surface area contributed by atoms with E-state index in [0.717, 1.165) is 6.42 Å². The van der Waals surface area contributed by atoms with E-state index in [9.17, 15) is 10.2 Å². The van der Waals surface area contributed by atoms with E-state index in [-0.39, 0.29) is 19.9 Å². The quantitative estimate of drug-likeness (QED) is 0.609. The molecule has 5 heteroatoms. The lowest BCUT2D eigenvalue weighted by Gasteiger charge is -2.57. The lowest BCUT2D eigenvalue weighted by molar-refractivity contribution is -0.179. The van der Waals surface area contributed by atoms with Gasteiger partial charge < -0.3 is 10.2 Å². The van der Waals surface area contributed by atoms with Gasteiger partial charge >= 0.3 is 0 Å². The standard InChI is InChI=1S/C15H25Br2ClO2/c1-12(2)9(16)7-11(19)14(12,4)15(20)6-5-13(3,18)10(17)8-15/h9-11,19-20H,5-8H2,1-4H3/t9-,10-,11+,13-,14+,15+/m0/s1. The van der Waals surface area contributed by atoms with Gasteiger partial charge in [0.2, 0.25) is 0 Å². The van der Waals surface area contributed by atoms with Gasteiger partial charge in [-0.05, 0) is 38.0 Å². The molecular formula is C15H25Br2ClO2. The molecule has 2 aliphatic carbocycles. The molecule has 0 amide bonds. The highest BCUT2D eigenvalue weighted by Gasteiger charge is 2.67. The van der Waals surface area contributed by atoms with Gasteiger partial charge in [0, 0.05) is 15.1 Å². The maximum Gasteiger partial charge on any atom is 0.0743 e. The number of rotatable bonds is 1. The van der Waals surface area contributed by atoms with Crippen LogP contribution in [0.1, 0.15) is 53.4 Å². The number of aliphatic hydroxyl groups excluding tert-OH is 1. The van der Waals surface area contributed by atoms with Gasteiger partial charge in [0.15, 0.2) is 0 Å². The molecule has 0 bridgehead atoms. The summed E-state index contributed by atoms with van der Waals surface area (Å²) in [6.07, 6.45) is 2.12. The van der Waals surface area contributed by atoms with E-state index in [0.29, 0.717) is 19.3 Å². The van der Waals surface area contributed by atoms with Crippen molar-refractivity contribution in [3.05, 3.63) is 0 Å². The molecule has 2 rings (SSSR count). The van der Waals surface area contributed by atoms with E-state index in [4.69, 9.17) is 11.6 Å². The summed E-state index contributed by atoms with van der Waals surface area (Å²) >= 11 is 13.8. The van der Waals surface area contributed by atoms with Crippen LogP contribution in [0.3, 0.4) is 0 Å². The minimum absolute atomic E-state index is 0.0459. The Morgan fingerprint density at radius 2 is 1.60 bits per heavy atom. The fourth-order valence-corrected chi connectivity index (χ4v) is 5.85. The van der Waals surface area contributed by atoms with Crippen molar-refractivity contribution in [3.8, 4) is 0 Å². The fourth-order valence-electron chi connectivity index (χ4n) is 4.08. The maximum absolute atomic E-state index is 11.4.